The number of rotatable bonds is 6. The Hall–Kier alpha value is -2.24. The van der Waals surface area contributed by atoms with Crippen molar-refractivity contribution in [2.45, 2.75) is 26.3 Å². The van der Waals surface area contributed by atoms with Crippen LogP contribution in [0, 0.1) is 0 Å². The summed E-state index contributed by atoms with van der Waals surface area (Å²) < 4.78 is 5.24. The molecule has 0 radical (unpaired) electrons. The van der Waals surface area contributed by atoms with Gasteiger partial charge in [0.1, 0.15) is 5.75 Å². The number of nitrogens with two attached hydrogens (primary N) is 1. The van der Waals surface area contributed by atoms with Crippen LogP contribution in [0.5, 0.6) is 5.75 Å². The van der Waals surface area contributed by atoms with Crippen molar-refractivity contribution in [2.24, 2.45) is 0 Å². The van der Waals surface area contributed by atoms with Gasteiger partial charge in [0.2, 0.25) is 0 Å². The fourth-order valence-electron chi connectivity index (χ4n) is 1.39. The Morgan fingerprint density at radius 2 is 2.16 bits per heavy atom. The van der Waals surface area contributed by atoms with E-state index >= 15 is 0 Å². The molecule has 4 N–H and O–H groups in total. The van der Waals surface area contributed by atoms with Crippen molar-refractivity contribution in [3.8, 4) is 5.75 Å². The molecule has 1 aromatic rings. The molecule has 0 saturated carbocycles. The third-order valence-electron chi connectivity index (χ3n) is 2.64. The first-order valence-electron chi connectivity index (χ1n) is 5.99. The summed E-state index contributed by atoms with van der Waals surface area (Å²) in [7, 11) is 0. The fraction of sp³-hybridized carbons (Fsp3) is 0.385. The second-order valence-electron chi connectivity index (χ2n) is 4.22. The first-order valence-corrected chi connectivity index (χ1v) is 5.99. The molecule has 0 spiro atoms. The van der Waals surface area contributed by atoms with E-state index in [1.807, 2.05) is 13.8 Å². The summed E-state index contributed by atoms with van der Waals surface area (Å²) in [6, 6.07) is 4.30. The van der Waals surface area contributed by atoms with E-state index in [0.29, 0.717) is 5.75 Å². The number of hydrogen-bond donors (Lipinski definition) is 3. The number of amides is 1. The molecule has 1 unspecified atom stereocenters. The Bertz CT molecular complexity index is 474. The lowest BCUT2D eigenvalue weighted by atomic mass is 10.2. The molecule has 19 heavy (non-hydrogen) atoms. The Morgan fingerprint density at radius 1 is 1.47 bits per heavy atom. The van der Waals surface area contributed by atoms with Gasteiger partial charge in [0.25, 0.3) is 5.91 Å². The summed E-state index contributed by atoms with van der Waals surface area (Å²) in [4.78, 5) is 22.3. The van der Waals surface area contributed by atoms with Crippen LogP contribution in [-0.2, 0) is 4.79 Å². The smallest absolute Gasteiger partial charge is 0.337 e. The standard InChI is InChI=1S/C13H18N2O4/c1-3-8(2)15-12(16)7-19-9-4-5-10(13(17)18)11(14)6-9/h4-6,8H,3,7,14H2,1-2H3,(H,15,16)(H,17,18). The molecule has 6 heteroatoms. The highest BCUT2D eigenvalue weighted by atomic mass is 16.5. The van der Waals surface area contributed by atoms with Crippen LogP contribution in [0.4, 0.5) is 5.69 Å². The molecule has 0 bridgehead atoms. The number of anilines is 1. The number of carbonyl (C=O) groups excluding carboxylic acids is 1. The summed E-state index contributed by atoms with van der Waals surface area (Å²) in [5, 5.41) is 11.6. The predicted molar refractivity (Wildman–Crippen MR) is 71.2 cm³/mol. The number of benzene rings is 1. The van der Waals surface area contributed by atoms with Gasteiger partial charge in [0, 0.05) is 17.8 Å². The summed E-state index contributed by atoms with van der Waals surface area (Å²) in [5.74, 6) is -0.962. The lowest BCUT2D eigenvalue weighted by Gasteiger charge is -2.12. The van der Waals surface area contributed by atoms with E-state index in [1.165, 1.54) is 18.2 Å². The molecule has 1 atom stereocenters. The van der Waals surface area contributed by atoms with Crippen molar-refractivity contribution >= 4 is 17.6 Å². The molecule has 0 aliphatic carbocycles. The minimum atomic E-state index is -1.10. The molecule has 0 fully saturated rings. The van der Waals surface area contributed by atoms with E-state index in [0.717, 1.165) is 6.42 Å². The van der Waals surface area contributed by atoms with Gasteiger partial charge in [0.05, 0.1) is 5.56 Å². The van der Waals surface area contributed by atoms with Crippen LogP contribution < -0.4 is 15.8 Å². The largest absolute Gasteiger partial charge is 0.484 e. The van der Waals surface area contributed by atoms with Gasteiger partial charge in [-0.1, -0.05) is 6.92 Å². The van der Waals surface area contributed by atoms with Crippen LogP contribution >= 0.6 is 0 Å². The van der Waals surface area contributed by atoms with Crippen LogP contribution in [0.1, 0.15) is 30.6 Å². The second kappa shape index (κ2) is 6.63. The normalized spacial score (nSPS) is 11.7. The molecule has 1 aromatic carbocycles. The average molecular weight is 266 g/mol. The third kappa shape index (κ3) is 4.50. The highest BCUT2D eigenvalue weighted by Crippen LogP contribution is 2.19. The first kappa shape index (κ1) is 14.8. The van der Waals surface area contributed by atoms with Crippen LogP contribution in [0.3, 0.4) is 0 Å². The zero-order chi connectivity index (χ0) is 14.4. The maximum atomic E-state index is 11.5. The van der Waals surface area contributed by atoms with Crippen molar-refractivity contribution in [2.75, 3.05) is 12.3 Å². The molecule has 1 rings (SSSR count). The van der Waals surface area contributed by atoms with Crippen molar-refractivity contribution < 1.29 is 19.4 Å². The van der Waals surface area contributed by atoms with Gasteiger partial charge in [-0.2, -0.15) is 0 Å². The zero-order valence-electron chi connectivity index (χ0n) is 11.0. The van der Waals surface area contributed by atoms with Gasteiger partial charge in [0.15, 0.2) is 6.61 Å². The molecule has 0 aliphatic rings. The number of aromatic carboxylic acids is 1. The Kier molecular flexibility index (Phi) is 5.17. The molecule has 0 aromatic heterocycles. The zero-order valence-corrected chi connectivity index (χ0v) is 11.0. The number of ether oxygens (including phenoxy) is 1. The molecule has 1 amide bonds. The fourth-order valence-corrected chi connectivity index (χ4v) is 1.39. The number of nitrogens with one attached hydrogen (secondary N) is 1. The van der Waals surface area contributed by atoms with E-state index in [1.54, 1.807) is 0 Å². The molecule has 0 saturated heterocycles. The van der Waals surface area contributed by atoms with Crippen molar-refractivity contribution in [1.82, 2.24) is 5.32 Å². The van der Waals surface area contributed by atoms with E-state index in [2.05, 4.69) is 5.32 Å². The second-order valence-corrected chi connectivity index (χ2v) is 4.22. The maximum Gasteiger partial charge on any atom is 0.337 e. The van der Waals surface area contributed by atoms with Gasteiger partial charge < -0.3 is 20.9 Å². The Balaban J connectivity index is 2.57. The van der Waals surface area contributed by atoms with Gasteiger partial charge in [-0.15, -0.1) is 0 Å². The minimum Gasteiger partial charge on any atom is -0.484 e. The predicted octanol–water partition coefficient (Wildman–Crippen LogP) is 1.26. The number of hydrogen-bond acceptors (Lipinski definition) is 4. The average Bonchev–Trinajstić information content (AvgIpc) is 2.35. The first-order chi connectivity index (χ1) is 8.93. The SMILES string of the molecule is CCC(C)NC(=O)COc1ccc(C(=O)O)c(N)c1. The Morgan fingerprint density at radius 3 is 2.68 bits per heavy atom. The van der Waals surface area contributed by atoms with Gasteiger partial charge in [-0.05, 0) is 25.5 Å². The third-order valence-corrected chi connectivity index (χ3v) is 2.64. The van der Waals surface area contributed by atoms with E-state index in [-0.39, 0.29) is 29.8 Å². The van der Waals surface area contributed by atoms with Crippen molar-refractivity contribution in [3.05, 3.63) is 23.8 Å². The molecule has 104 valence electrons. The van der Waals surface area contributed by atoms with Gasteiger partial charge >= 0.3 is 5.97 Å². The molecular weight excluding hydrogens is 248 g/mol. The van der Waals surface area contributed by atoms with Gasteiger partial charge in [-0.3, -0.25) is 4.79 Å². The quantitative estimate of drug-likeness (QED) is 0.673. The van der Waals surface area contributed by atoms with Crippen molar-refractivity contribution in [1.29, 1.82) is 0 Å². The van der Waals surface area contributed by atoms with Crippen LogP contribution in [0.15, 0.2) is 18.2 Å². The van der Waals surface area contributed by atoms with E-state index in [9.17, 15) is 9.59 Å². The molecule has 0 aliphatic heterocycles. The van der Waals surface area contributed by atoms with Crippen LogP contribution in [0.25, 0.3) is 0 Å². The highest BCUT2D eigenvalue weighted by Gasteiger charge is 2.10. The van der Waals surface area contributed by atoms with Crippen LogP contribution in [-0.4, -0.2) is 29.6 Å². The summed E-state index contributed by atoms with van der Waals surface area (Å²) in [5.41, 5.74) is 5.68. The molecular formula is C13H18N2O4. The number of carboxylic acid groups (broad SMARTS) is 1. The number of carboxylic acids is 1. The van der Waals surface area contributed by atoms with E-state index < -0.39 is 5.97 Å². The lowest BCUT2D eigenvalue weighted by molar-refractivity contribution is -0.123. The summed E-state index contributed by atoms with van der Waals surface area (Å²) in [6.07, 6.45) is 0.839. The van der Waals surface area contributed by atoms with E-state index in [4.69, 9.17) is 15.6 Å². The van der Waals surface area contributed by atoms with Crippen LogP contribution in [0.2, 0.25) is 0 Å². The topological polar surface area (TPSA) is 102 Å². The molecule has 0 heterocycles. The minimum absolute atomic E-state index is 0.0106. The maximum absolute atomic E-state index is 11.5. The summed E-state index contributed by atoms with van der Waals surface area (Å²) in [6.45, 7) is 3.74. The highest BCUT2D eigenvalue weighted by molar-refractivity contribution is 5.93. The monoisotopic (exact) mass is 266 g/mol. The summed E-state index contributed by atoms with van der Waals surface area (Å²) >= 11 is 0. The number of carbonyl (C=O) groups is 2. The van der Waals surface area contributed by atoms with Crippen molar-refractivity contribution in [3.63, 3.8) is 0 Å². The number of nitrogen functional groups attached to an aromatic ring is 1. The van der Waals surface area contributed by atoms with Gasteiger partial charge in [-0.25, -0.2) is 4.79 Å². The lowest BCUT2D eigenvalue weighted by Crippen LogP contribution is -2.35. The Labute approximate surface area is 111 Å². The molecule has 6 nitrogen and oxygen atoms in total.